The molecule has 0 aromatic carbocycles. The molecule has 1 heterocycles. The molecule has 0 radical (unpaired) electrons. The first-order valence-corrected chi connectivity index (χ1v) is 7.13. The maximum absolute atomic E-state index is 12.4. The summed E-state index contributed by atoms with van der Waals surface area (Å²) in [6, 6.07) is 0. The van der Waals surface area contributed by atoms with Crippen molar-refractivity contribution in [1.29, 1.82) is 0 Å². The molecule has 0 N–H and O–H groups in total. The van der Waals surface area contributed by atoms with E-state index in [4.69, 9.17) is 0 Å². The fourth-order valence-electron chi connectivity index (χ4n) is 3.28. The zero-order valence-electron chi connectivity index (χ0n) is 11.8. The highest BCUT2D eigenvalue weighted by molar-refractivity contribution is 5.68. The second-order valence-corrected chi connectivity index (χ2v) is 6.04. The Hall–Kier alpha value is -1.15. The van der Waals surface area contributed by atoms with Crippen LogP contribution in [0, 0.1) is 5.41 Å². The highest BCUT2D eigenvalue weighted by Gasteiger charge is 2.60. The molecule has 1 aliphatic heterocycles. The van der Waals surface area contributed by atoms with Gasteiger partial charge in [-0.25, -0.2) is 4.79 Å². The zero-order valence-corrected chi connectivity index (χ0v) is 11.8. The van der Waals surface area contributed by atoms with Crippen molar-refractivity contribution in [2.24, 2.45) is 5.41 Å². The van der Waals surface area contributed by atoms with Crippen LogP contribution < -0.4 is 0 Å². The first kappa shape index (κ1) is 17.2. The van der Waals surface area contributed by atoms with Gasteiger partial charge in [0.25, 0.3) is 6.10 Å². The number of hydrogen-bond donors (Lipinski definition) is 0. The molecule has 2 rings (SSSR count). The molecule has 128 valence electrons. The lowest BCUT2D eigenvalue weighted by Crippen LogP contribution is -2.50. The molecule has 2 fully saturated rings. The molecule has 0 aromatic heterocycles. The van der Waals surface area contributed by atoms with E-state index in [1.165, 1.54) is 0 Å². The summed E-state index contributed by atoms with van der Waals surface area (Å²) >= 11 is 0. The van der Waals surface area contributed by atoms with E-state index >= 15 is 0 Å². The molecule has 1 saturated heterocycles. The van der Waals surface area contributed by atoms with Crippen molar-refractivity contribution in [1.82, 2.24) is 4.90 Å². The van der Waals surface area contributed by atoms with Crippen molar-refractivity contribution in [3.8, 4) is 0 Å². The number of piperidine rings is 1. The summed E-state index contributed by atoms with van der Waals surface area (Å²) < 4.78 is 77.9. The predicted molar refractivity (Wildman–Crippen MR) is 64.1 cm³/mol. The Bertz CT molecular complexity index is 390. The molecule has 1 spiro atoms. The smallest absolute Gasteiger partial charge is 0.426 e. The minimum Gasteiger partial charge on any atom is -0.426 e. The fourth-order valence-corrected chi connectivity index (χ4v) is 3.28. The summed E-state index contributed by atoms with van der Waals surface area (Å²) in [5.41, 5.74) is 0.101. The van der Waals surface area contributed by atoms with E-state index in [1.54, 1.807) is 0 Å². The van der Waals surface area contributed by atoms with E-state index in [-0.39, 0.29) is 18.5 Å². The molecule has 0 bridgehead atoms. The SMILES string of the molecule is O=C(OC(C(F)(F)F)C(F)(F)F)N1CCC2(CCCC2)CC1. The molecule has 2 aliphatic rings. The summed E-state index contributed by atoms with van der Waals surface area (Å²) in [6.07, 6.45) is -11.6. The first-order chi connectivity index (χ1) is 10.0. The number of rotatable bonds is 1. The Morgan fingerprint density at radius 3 is 1.77 bits per heavy atom. The van der Waals surface area contributed by atoms with Crippen LogP contribution in [0.1, 0.15) is 38.5 Å². The van der Waals surface area contributed by atoms with Gasteiger partial charge < -0.3 is 9.64 Å². The van der Waals surface area contributed by atoms with Crippen molar-refractivity contribution in [3.63, 3.8) is 0 Å². The van der Waals surface area contributed by atoms with Gasteiger partial charge >= 0.3 is 18.4 Å². The van der Waals surface area contributed by atoms with Gasteiger partial charge in [0.05, 0.1) is 0 Å². The van der Waals surface area contributed by atoms with Gasteiger partial charge in [-0.3, -0.25) is 0 Å². The highest BCUT2D eigenvalue weighted by atomic mass is 19.4. The third-order valence-electron chi connectivity index (χ3n) is 4.56. The van der Waals surface area contributed by atoms with Crippen LogP contribution in [0.2, 0.25) is 0 Å². The van der Waals surface area contributed by atoms with E-state index in [0.29, 0.717) is 12.8 Å². The fraction of sp³-hybridized carbons (Fsp3) is 0.923. The molecule has 1 amide bonds. The molecule has 0 atom stereocenters. The lowest BCUT2D eigenvalue weighted by atomic mass is 9.77. The van der Waals surface area contributed by atoms with Gasteiger partial charge in [0.15, 0.2) is 0 Å². The van der Waals surface area contributed by atoms with Gasteiger partial charge in [0, 0.05) is 13.1 Å². The third-order valence-corrected chi connectivity index (χ3v) is 4.56. The second-order valence-electron chi connectivity index (χ2n) is 6.04. The molecule has 3 nitrogen and oxygen atoms in total. The molecule has 0 aromatic rings. The van der Waals surface area contributed by atoms with Gasteiger partial charge in [-0.1, -0.05) is 12.8 Å². The van der Waals surface area contributed by atoms with Crippen LogP contribution in [0.4, 0.5) is 31.1 Å². The van der Waals surface area contributed by atoms with E-state index in [2.05, 4.69) is 4.74 Å². The summed E-state index contributed by atoms with van der Waals surface area (Å²) in [5.74, 6) is 0. The molecule has 9 heteroatoms. The average molecular weight is 333 g/mol. The summed E-state index contributed by atoms with van der Waals surface area (Å²) in [6.45, 7) is 0.280. The number of carbonyl (C=O) groups excluding carboxylic acids is 1. The summed E-state index contributed by atoms with van der Waals surface area (Å²) in [4.78, 5) is 12.5. The van der Waals surface area contributed by atoms with Crippen LogP contribution >= 0.6 is 0 Å². The van der Waals surface area contributed by atoms with Crippen LogP contribution in [0.15, 0.2) is 0 Å². The maximum Gasteiger partial charge on any atom is 0.434 e. The normalized spacial score (nSPS) is 22.4. The Morgan fingerprint density at radius 2 is 1.36 bits per heavy atom. The monoisotopic (exact) mass is 333 g/mol. The number of nitrogens with zero attached hydrogens (tertiary/aromatic N) is 1. The van der Waals surface area contributed by atoms with Gasteiger partial charge in [-0.2, -0.15) is 26.3 Å². The zero-order chi connectivity index (χ0) is 16.6. The van der Waals surface area contributed by atoms with Crippen molar-refractivity contribution < 1.29 is 35.9 Å². The van der Waals surface area contributed by atoms with Crippen LogP contribution in [0.25, 0.3) is 0 Å². The van der Waals surface area contributed by atoms with Gasteiger partial charge in [0.2, 0.25) is 0 Å². The first-order valence-electron chi connectivity index (χ1n) is 7.13. The number of hydrogen-bond acceptors (Lipinski definition) is 2. The highest BCUT2D eigenvalue weighted by Crippen LogP contribution is 2.46. The number of amides is 1. The number of carbonyl (C=O) groups is 1. The summed E-state index contributed by atoms with van der Waals surface area (Å²) in [5, 5.41) is 0. The topological polar surface area (TPSA) is 29.5 Å². The standard InChI is InChI=1S/C13H17F6NO2/c14-12(15,16)9(13(17,18)19)22-10(21)20-7-5-11(6-8-20)3-1-2-4-11/h9H,1-8H2. The number of ether oxygens (including phenoxy) is 1. The largest absolute Gasteiger partial charge is 0.434 e. The quantitative estimate of drug-likeness (QED) is 0.671. The van der Waals surface area contributed by atoms with Crippen molar-refractivity contribution in [2.75, 3.05) is 13.1 Å². The van der Waals surface area contributed by atoms with Crippen LogP contribution in [-0.2, 0) is 4.74 Å². The molecule has 1 saturated carbocycles. The number of likely N-dealkylation sites (tertiary alicyclic amines) is 1. The van der Waals surface area contributed by atoms with Crippen molar-refractivity contribution in [2.45, 2.75) is 57.0 Å². The summed E-state index contributed by atoms with van der Waals surface area (Å²) in [7, 11) is 0. The minimum absolute atomic E-state index is 0.101. The lowest BCUT2D eigenvalue weighted by molar-refractivity contribution is -0.308. The van der Waals surface area contributed by atoms with E-state index in [1.807, 2.05) is 0 Å². The van der Waals surface area contributed by atoms with E-state index in [9.17, 15) is 31.1 Å². The van der Waals surface area contributed by atoms with Gasteiger partial charge in [-0.05, 0) is 31.1 Å². The van der Waals surface area contributed by atoms with Crippen LogP contribution in [-0.4, -0.2) is 42.5 Å². The Morgan fingerprint density at radius 1 is 0.909 bits per heavy atom. The van der Waals surface area contributed by atoms with Gasteiger partial charge in [-0.15, -0.1) is 0 Å². The Balaban J connectivity index is 1.94. The van der Waals surface area contributed by atoms with Gasteiger partial charge in [0.1, 0.15) is 0 Å². The van der Waals surface area contributed by atoms with Crippen molar-refractivity contribution >= 4 is 6.09 Å². The number of halogens is 6. The predicted octanol–water partition coefficient (Wildman–Crippen LogP) is 4.27. The molecular weight excluding hydrogens is 316 g/mol. The molecule has 1 aliphatic carbocycles. The second kappa shape index (κ2) is 5.81. The Kier molecular flexibility index (Phi) is 4.54. The number of alkyl halides is 6. The van der Waals surface area contributed by atoms with E-state index in [0.717, 1.165) is 30.6 Å². The average Bonchev–Trinajstić information content (AvgIpc) is 2.82. The molecular formula is C13H17F6NO2. The third kappa shape index (κ3) is 3.78. The lowest BCUT2D eigenvalue weighted by Gasteiger charge is -2.39. The molecule has 0 unspecified atom stereocenters. The van der Waals surface area contributed by atoms with Crippen LogP contribution in [0.3, 0.4) is 0 Å². The van der Waals surface area contributed by atoms with Crippen LogP contribution in [0.5, 0.6) is 0 Å². The Labute approximate surface area is 123 Å². The van der Waals surface area contributed by atoms with Crippen molar-refractivity contribution in [3.05, 3.63) is 0 Å². The molecule has 22 heavy (non-hydrogen) atoms. The maximum atomic E-state index is 12.4. The van der Waals surface area contributed by atoms with E-state index < -0.39 is 24.5 Å². The minimum atomic E-state index is -5.67.